The molecule has 0 aromatic carbocycles. The van der Waals surface area contributed by atoms with Crippen LogP contribution in [-0.2, 0) is 18.6 Å². The maximum absolute atomic E-state index is 11.2. The molecule has 6 nitrogen and oxygen atoms in total. The first-order chi connectivity index (χ1) is 5.51. The second-order valence-corrected chi connectivity index (χ2v) is 4.30. The Labute approximate surface area is 69.6 Å². The van der Waals surface area contributed by atoms with Gasteiger partial charge in [-0.05, 0) is 6.42 Å². The van der Waals surface area contributed by atoms with Gasteiger partial charge in [0.1, 0.15) is 0 Å². The lowest BCUT2D eigenvalue weighted by atomic mass is 10.3. The molecule has 0 radical (unpaired) electrons. The summed E-state index contributed by atoms with van der Waals surface area (Å²) >= 11 is 0. The summed E-state index contributed by atoms with van der Waals surface area (Å²) in [7, 11) is -2.87. The summed E-state index contributed by atoms with van der Waals surface area (Å²) in [5.41, 5.74) is -1.33. The number of hydrogen-bond donors (Lipinski definition) is 2. The van der Waals surface area contributed by atoms with Crippen molar-refractivity contribution in [3.63, 3.8) is 0 Å². The van der Waals surface area contributed by atoms with Gasteiger partial charge in [0, 0.05) is 7.11 Å². The summed E-state index contributed by atoms with van der Waals surface area (Å²) in [5.74, 6) is -1.32. The topological polar surface area (TPSA) is 93.1 Å². The first-order valence-electron chi connectivity index (χ1n) is 3.23. The quantitative estimate of drug-likeness (QED) is 0.391. The van der Waals surface area contributed by atoms with Gasteiger partial charge < -0.3 is 9.63 Å². The van der Waals surface area contributed by atoms with Crippen LogP contribution in [0.3, 0.4) is 0 Å². The molecule has 72 valence electrons. The molecule has 0 heterocycles. The van der Waals surface area contributed by atoms with E-state index in [0.29, 0.717) is 0 Å². The number of hydrogen-bond acceptors (Lipinski definition) is 5. The molecule has 2 N–H and O–H groups in total. The van der Waals surface area contributed by atoms with Crippen molar-refractivity contribution in [2.24, 2.45) is 0 Å². The van der Waals surface area contributed by atoms with E-state index in [0.717, 1.165) is 7.11 Å². The maximum Gasteiger partial charge on any atom is 0.371 e. The Balaban J connectivity index is 4.68. The van der Waals surface area contributed by atoms with Gasteiger partial charge in [-0.2, -0.15) is 4.67 Å². The molecule has 0 saturated carbocycles. The molecule has 0 spiro atoms. The minimum atomic E-state index is -3.89. The Morgan fingerprint density at radius 3 is 2.25 bits per heavy atom. The molecule has 0 saturated heterocycles. The highest BCUT2D eigenvalue weighted by Crippen LogP contribution is 2.52. The van der Waals surface area contributed by atoms with Gasteiger partial charge in [-0.25, -0.2) is 5.26 Å². The number of carboxylic acids is 1. The van der Waals surface area contributed by atoms with Gasteiger partial charge in [0.05, 0.1) is 0 Å². The number of carboxylic acid groups (broad SMARTS) is 1. The predicted molar refractivity (Wildman–Crippen MR) is 40.0 cm³/mol. The van der Waals surface area contributed by atoms with E-state index >= 15 is 0 Å². The van der Waals surface area contributed by atoms with Crippen LogP contribution in [0.15, 0.2) is 0 Å². The standard InChI is InChI=1S/C5H11O6P/c1-3-4(5(6)7)12(9,10-2)11-8/h4,8H,3H2,1-2H3,(H,6,7). The molecule has 0 aliphatic rings. The van der Waals surface area contributed by atoms with Crippen molar-refractivity contribution in [2.45, 2.75) is 19.0 Å². The van der Waals surface area contributed by atoms with Gasteiger partial charge >= 0.3 is 13.6 Å². The van der Waals surface area contributed by atoms with Crippen LogP contribution in [0.5, 0.6) is 0 Å². The zero-order valence-electron chi connectivity index (χ0n) is 6.76. The van der Waals surface area contributed by atoms with Crippen LogP contribution in [0, 0.1) is 0 Å². The third-order valence-corrected chi connectivity index (χ3v) is 3.51. The van der Waals surface area contributed by atoms with Crippen LogP contribution in [0.2, 0.25) is 0 Å². The molecule has 0 aliphatic carbocycles. The molecule has 2 unspecified atom stereocenters. The van der Waals surface area contributed by atoms with E-state index in [1.54, 1.807) is 0 Å². The third kappa shape index (κ3) is 2.28. The summed E-state index contributed by atoms with van der Waals surface area (Å²) in [6.07, 6.45) is 0.0566. The molecular weight excluding hydrogens is 187 g/mol. The molecule has 0 aromatic heterocycles. The molecule has 0 amide bonds. The molecular formula is C5H11O6P. The van der Waals surface area contributed by atoms with Crippen LogP contribution < -0.4 is 0 Å². The van der Waals surface area contributed by atoms with Crippen LogP contribution in [0.1, 0.15) is 13.3 Å². The van der Waals surface area contributed by atoms with Crippen molar-refractivity contribution < 1.29 is 28.9 Å². The third-order valence-electron chi connectivity index (χ3n) is 1.42. The summed E-state index contributed by atoms with van der Waals surface area (Å²) < 4.78 is 19.1. The zero-order valence-corrected chi connectivity index (χ0v) is 7.65. The van der Waals surface area contributed by atoms with E-state index in [2.05, 4.69) is 9.20 Å². The second kappa shape index (κ2) is 4.57. The normalized spacial score (nSPS) is 18.2. The second-order valence-electron chi connectivity index (χ2n) is 2.07. The molecule has 0 aromatic rings. The van der Waals surface area contributed by atoms with Gasteiger partial charge in [0.25, 0.3) is 0 Å². The van der Waals surface area contributed by atoms with E-state index in [-0.39, 0.29) is 6.42 Å². The van der Waals surface area contributed by atoms with E-state index < -0.39 is 19.2 Å². The smallest absolute Gasteiger partial charge is 0.371 e. The lowest BCUT2D eigenvalue weighted by molar-refractivity contribution is -0.154. The highest BCUT2D eigenvalue weighted by molar-refractivity contribution is 7.55. The fourth-order valence-corrected chi connectivity index (χ4v) is 1.90. The Hall–Kier alpha value is -0.420. The molecule has 12 heavy (non-hydrogen) atoms. The SMILES string of the molecule is CCC(C(=O)O)P(=O)(OC)OO. The molecule has 7 heteroatoms. The largest absolute Gasteiger partial charge is 0.481 e. The minimum Gasteiger partial charge on any atom is -0.481 e. The molecule has 0 aliphatic heterocycles. The molecule has 2 atom stereocenters. The van der Waals surface area contributed by atoms with Crippen molar-refractivity contribution in [1.82, 2.24) is 0 Å². The maximum atomic E-state index is 11.2. The Morgan fingerprint density at radius 1 is 1.67 bits per heavy atom. The summed E-state index contributed by atoms with van der Waals surface area (Å²) in [5, 5.41) is 16.7. The van der Waals surface area contributed by atoms with Gasteiger partial charge in [-0.3, -0.25) is 9.36 Å². The van der Waals surface area contributed by atoms with Crippen molar-refractivity contribution >= 4 is 13.6 Å². The summed E-state index contributed by atoms with van der Waals surface area (Å²) in [4.78, 5) is 10.5. The average molecular weight is 198 g/mol. The van der Waals surface area contributed by atoms with Gasteiger partial charge in [0.2, 0.25) is 0 Å². The van der Waals surface area contributed by atoms with E-state index in [1.807, 2.05) is 0 Å². The predicted octanol–water partition coefficient (Wildman–Crippen LogP) is 1.18. The van der Waals surface area contributed by atoms with Crippen LogP contribution >= 0.6 is 7.60 Å². The van der Waals surface area contributed by atoms with Gasteiger partial charge in [0.15, 0.2) is 5.66 Å². The first-order valence-corrected chi connectivity index (χ1v) is 4.84. The van der Waals surface area contributed by atoms with Crippen LogP contribution in [0.25, 0.3) is 0 Å². The highest BCUT2D eigenvalue weighted by atomic mass is 31.2. The molecule has 0 fully saturated rings. The van der Waals surface area contributed by atoms with Crippen molar-refractivity contribution in [2.75, 3.05) is 7.11 Å². The van der Waals surface area contributed by atoms with Gasteiger partial charge in [-0.15, -0.1) is 0 Å². The Kier molecular flexibility index (Phi) is 4.41. The number of rotatable bonds is 5. The fourth-order valence-electron chi connectivity index (χ4n) is 0.751. The lowest BCUT2D eigenvalue weighted by Crippen LogP contribution is -2.21. The summed E-state index contributed by atoms with van der Waals surface area (Å²) in [6, 6.07) is 0. The Morgan fingerprint density at radius 2 is 2.17 bits per heavy atom. The number of carbonyl (C=O) groups is 1. The monoisotopic (exact) mass is 198 g/mol. The van der Waals surface area contributed by atoms with E-state index in [1.165, 1.54) is 6.92 Å². The minimum absolute atomic E-state index is 0.0566. The lowest BCUT2D eigenvalue weighted by Gasteiger charge is -2.17. The molecule has 0 rings (SSSR count). The van der Waals surface area contributed by atoms with E-state index in [4.69, 9.17) is 10.4 Å². The number of aliphatic carboxylic acids is 1. The first kappa shape index (κ1) is 11.6. The van der Waals surface area contributed by atoms with Crippen molar-refractivity contribution in [3.8, 4) is 0 Å². The average Bonchev–Trinajstić information content (AvgIpc) is 2.04. The summed E-state index contributed by atoms with van der Waals surface area (Å²) in [6.45, 7) is 1.50. The van der Waals surface area contributed by atoms with Crippen LogP contribution in [-0.4, -0.2) is 29.1 Å². The molecule has 0 bridgehead atoms. The Bertz CT molecular complexity index is 194. The van der Waals surface area contributed by atoms with Crippen molar-refractivity contribution in [1.29, 1.82) is 0 Å². The highest BCUT2D eigenvalue weighted by Gasteiger charge is 2.39. The zero-order chi connectivity index (χ0) is 9.78. The fraction of sp³-hybridized carbons (Fsp3) is 0.800. The van der Waals surface area contributed by atoms with Crippen LogP contribution in [0.4, 0.5) is 0 Å². The van der Waals surface area contributed by atoms with Gasteiger partial charge in [-0.1, -0.05) is 6.92 Å². The van der Waals surface area contributed by atoms with E-state index in [9.17, 15) is 9.36 Å². The van der Waals surface area contributed by atoms with Crippen molar-refractivity contribution in [3.05, 3.63) is 0 Å².